The van der Waals surface area contributed by atoms with E-state index in [2.05, 4.69) is 6.92 Å². The Kier molecular flexibility index (Phi) is 6.59. The molecular weight excluding hydrogens is 352 g/mol. The molecule has 136 valence electrons. The predicted molar refractivity (Wildman–Crippen MR) is 101 cm³/mol. The highest BCUT2D eigenvalue weighted by Gasteiger charge is 2.25. The van der Waals surface area contributed by atoms with Crippen molar-refractivity contribution in [2.75, 3.05) is 0 Å². The van der Waals surface area contributed by atoms with E-state index in [0.717, 1.165) is 23.8 Å². The van der Waals surface area contributed by atoms with Crippen LogP contribution >= 0.6 is 11.6 Å². The number of hydrogen-bond donors (Lipinski definition) is 1. The number of nitrogens with zero attached hydrogens (tertiary/aromatic N) is 2. The molecule has 0 aliphatic rings. The first-order valence-electron chi connectivity index (χ1n) is 8.59. The van der Waals surface area contributed by atoms with Crippen LogP contribution in [0.5, 0.6) is 5.88 Å². The van der Waals surface area contributed by atoms with Crippen LogP contribution in [0.25, 0.3) is 0 Å². The number of nitriles is 1. The van der Waals surface area contributed by atoms with Gasteiger partial charge in [0.1, 0.15) is 11.6 Å². The average molecular weight is 373 g/mol. The van der Waals surface area contributed by atoms with E-state index < -0.39 is 17.2 Å². The summed E-state index contributed by atoms with van der Waals surface area (Å²) in [6.45, 7) is 3.82. The van der Waals surface area contributed by atoms with E-state index in [1.54, 1.807) is 24.3 Å². The fourth-order valence-electron chi connectivity index (χ4n) is 2.91. The minimum Gasteiger partial charge on any atom is -0.494 e. The smallest absolute Gasteiger partial charge is 0.271 e. The lowest BCUT2D eigenvalue weighted by atomic mass is 9.97. The van der Waals surface area contributed by atoms with Gasteiger partial charge in [-0.05, 0) is 31.0 Å². The molecule has 1 aromatic heterocycles. The minimum absolute atomic E-state index is 0.0512. The van der Waals surface area contributed by atoms with E-state index in [4.69, 9.17) is 11.6 Å². The van der Waals surface area contributed by atoms with Crippen molar-refractivity contribution in [3.8, 4) is 11.9 Å². The lowest BCUT2D eigenvalue weighted by molar-refractivity contribution is 0.103. The zero-order chi connectivity index (χ0) is 19.3. The summed E-state index contributed by atoms with van der Waals surface area (Å²) in [7, 11) is 0. The van der Waals surface area contributed by atoms with Gasteiger partial charge in [0.15, 0.2) is 5.78 Å². The number of benzene rings is 1. The largest absolute Gasteiger partial charge is 0.494 e. The van der Waals surface area contributed by atoms with Crippen molar-refractivity contribution in [3.63, 3.8) is 0 Å². The van der Waals surface area contributed by atoms with E-state index in [0.29, 0.717) is 6.42 Å². The van der Waals surface area contributed by atoms with Gasteiger partial charge < -0.3 is 5.11 Å². The van der Waals surface area contributed by atoms with Crippen LogP contribution in [0.2, 0.25) is 5.02 Å². The van der Waals surface area contributed by atoms with E-state index in [9.17, 15) is 20.0 Å². The second-order valence-electron chi connectivity index (χ2n) is 6.14. The van der Waals surface area contributed by atoms with Crippen LogP contribution in [0.15, 0.2) is 29.1 Å². The molecule has 0 amide bonds. The van der Waals surface area contributed by atoms with Crippen LogP contribution in [0.1, 0.15) is 59.7 Å². The molecule has 0 aliphatic heterocycles. The minimum atomic E-state index is -0.574. The number of aromatic hydroxyl groups is 1. The molecule has 0 aliphatic carbocycles. The van der Waals surface area contributed by atoms with E-state index in [1.807, 2.05) is 6.07 Å². The highest BCUT2D eigenvalue weighted by molar-refractivity contribution is 6.35. The Balaban J connectivity index is 2.59. The van der Waals surface area contributed by atoms with Gasteiger partial charge in [0.05, 0.1) is 10.6 Å². The summed E-state index contributed by atoms with van der Waals surface area (Å²) in [6.07, 6.45) is 3.62. The monoisotopic (exact) mass is 372 g/mol. The number of unbranched alkanes of at least 4 members (excludes halogenated alkanes) is 3. The Bertz CT molecular complexity index is 926. The molecule has 0 saturated carbocycles. The molecule has 6 heteroatoms. The number of pyridine rings is 1. The van der Waals surface area contributed by atoms with Gasteiger partial charge in [-0.1, -0.05) is 49.9 Å². The lowest BCUT2D eigenvalue weighted by Crippen LogP contribution is -2.27. The lowest BCUT2D eigenvalue weighted by Gasteiger charge is -2.16. The number of halogens is 1. The Hall–Kier alpha value is -2.58. The number of carbonyl (C=O) groups is 1. The van der Waals surface area contributed by atoms with Crippen molar-refractivity contribution in [2.45, 2.75) is 46.1 Å². The first-order valence-corrected chi connectivity index (χ1v) is 8.97. The Morgan fingerprint density at radius 1 is 1.27 bits per heavy atom. The quantitative estimate of drug-likeness (QED) is 0.583. The standard InChI is InChI=1S/C20H21ClN2O3/c1-3-4-5-8-11-23-19(25)15(12-22)13(2)17(20(23)26)18(24)14-9-6-7-10-16(14)21/h6-7,9-10,26H,3-5,8,11H2,1-2H3. The molecule has 1 N–H and O–H groups in total. The second-order valence-corrected chi connectivity index (χ2v) is 6.54. The highest BCUT2D eigenvalue weighted by Crippen LogP contribution is 2.28. The molecule has 0 unspecified atom stereocenters. The van der Waals surface area contributed by atoms with Gasteiger partial charge in [0.2, 0.25) is 5.88 Å². The fraction of sp³-hybridized carbons (Fsp3) is 0.350. The fourth-order valence-corrected chi connectivity index (χ4v) is 3.13. The van der Waals surface area contributed by atoms with Crippen molar-refractivity contribution in [1.82, 2.24) is 4.57 Å². The topological polar surface area (TPSA) is 83.1 Å². The molecule has 0 radical (unpaired) electrons. The molecule has 0 atom stereocenters. The SMILES string of the molecule is CCCCCCn1c(O)c(C(=O)c2ccccc2Cl)c(C)c(C#N)c1=O. The molecule has 1 heterocycles. The molecule has 5 nitrogen and oxygen atoms in total. The van der Waals surface area contributed by atoms with Crippen LogP contribution in [-0.2, 0) is 6.54 Å². The van der Waals surface area contributed by atoms with E-state index in [-0.39, 0.29) is 33.8 Å². The number of ketones is 1. The second kappa shape index (κ2) is 8.68. The summed E-state index contributed by atoms with van der Waals surface area (Å²) in [4.78, 5) is 25.5. The molecule has 0 spiro atoms. The summed E-state index contributed by atoms with van der Waals surface area (Å²) < 4.78 is 1.12. The molecule has 26 heavy (non-hydrogen) atoms. The number of carbonyl (C=O) groups excluding carboxylic acids is 1. The molecule has 1 aromatic carbocycles. The third-order valence-corrected chi connectivity index (χ3v) is 4.71. The maximum atomic E-state index is 12.9. The normalized spacial score (nSPS) is 10.5. The van der Waals surface area contributed by atoms with Gasteiger partial charge in [0.25, 0.3) is 5.56 Å². The highest BCUT2D eigenvalue weighted by atomic mass is 35.5. The molecule has 2 aromatic rings. The molecule has 0 fully saturated rings. The Morgan fingerprint density at radius 3 is 2.58 bits per heavy atom. The van der Waals surface area contributed by atoms with Gasteiger partial charge in [0, 0.05) is 12.1 Å². The van der Waals surface area contributed by atoms with E-state index >= 15 is 0 Å². The zero-order valence-electron chi connectivity index (χ0n) is 14.9. The van der Waals surface area contributed by atoms with Crippen LogP contribution in [-0.4, -0.2) is 15.5 Å². The van der Waals surface area contributed by atoms with Crippen molar-refractivity contribution >= 4 is 17.4 Å². The zero-order valence-corrected chi connectivity index (χ0v) is 15.6. The van der Waals surface area contributed by atoms with Gasteiger partial charge >= 0.3 is 0 Å². The summed E-state index contributed by atoms with van der Waals surface area (Å²) in [6, 6.07) is 8.35. The van der Waals surface area contributed by atoms with Crippen LogP contribution in [0, 0.1) is 18.3 Å². The molecule has 0 saturated heterocycles. The summed E-state index contributed by atoms with van der Waals surface area (Å²) >= 11 is 6.10. The van der Waals surface area contributed by atoms with Crippen LogP contribution in [0.4, 0.5) is 0 Å². The van der Waals surface area contributed by atoms with Crippen molar-refractivity contribution in [3.05, 3.63) is 61.9 Å². The Labute approximate surface area is 157 Å². The number of aromatic nitrogens is 1. The first kappa shape index (κ1) is 19.7. The number of rotatable bonds is 7. The Morgan fingerprint density at radius 2 is 1.96 bits per heavy atom. The summed E-state index contributed by atoms with van der Waals surface area (Å²) in [5.74, 6) is -0.919. The van der Waals surface area contributed by atoms with Crippen molar-refractivity contribution < 1.29 is 9.90 Å². The maximum Gasteiger partial charge on any atom is 0.271 e. The number of hydrogen-bond acceptors (Lipinski definition) is 4. The maximum absolute atomic E-state index is 12.9. The summed E-state index contributed by atoms with van der Waals surface area (Å²) in [5.41, 5.74) is -0.370. The third-order valence-electron chi connectivity index (χ3n) is 4.38. The van der Waals surface area contributed by atoms with Crippen molar-refractivity contribution in [1.29, 1.82) is 5.26 Å². The average Bonchev–Trinajstić information content (AvgIpc) is 2.61. The van der Waals surface area contributed by atoms with Gasteiger partial charge in [-0.3, -0.25) is 14.2 Å². The predicted octanol–water partition coefficient (Wildman–Crippen LogP) is 4.20. The molecular formula is C20H21ClN2O3. The van der Waals surface area contributed by atoms with Crippen LogP contribution < -0.4 is 5.56 Å². The third kappa shape index (κ3) is 3.81. The van der Waals surface area contributed by atoms with E-state index in [1.165, 1.54) is 6.92 Å². The van der Waals surface area contributed by atoms with Crippen LogP contribution in [0.3, 0.4) is 0 Å². The van der Waals surface area contributed by atoms with Gasteiger partial charge in [-0.15, -0.1) is 0 Å². The first-order chi connectivity index (χ1) is 12.4. The van der Waals surface area contributed by atoms with Gasteiger partial charge in [-0.2, -0.15) is 5.26 Å². The molecule has 2 rings (SSSR count). The van der Waals surface area contributed by atoms with Crippen molar-refractivity contribution in [2.24, 2.45) is 0 Å². The van der Waals surface area contributed by atoms with Gasteiger partial charge in [-0.25, -0.2) is 0 Å². The molecule has 0 bridgehead atoms. The summed E-state index contributed by atoms with van der Waals surface area (Å²) in [5, 5.41) is 20.3.